The van der Waals surface area contributed by atoms with Gasteiger partial charge in [-0.2, -0.15) is 5.26 Å². The van der Waals surface area contributed by atoms with Crippen molar-refractivity contribution in [3.05, 3.63) is 54.1 Å². The number of urea groups is 1. The van der Waals surface area contributed by atoms with Crippen LogP contribution in [-0.2, 0) is 19.0 Å². The standard InChI is InChI=1S/C27H33N3O5/c1-2-33-25(31)15-16-29-27(32)30(17-5-19-35-26-6-3-4-18-34-26)24-13-11-23(12-14-24)22-9-7-21(20-28)8-10-22/h7-14,26H,2-6,15-19H2,1H3,(H,29,32). The predicted molar refractivity (Wildman–Crippen MR) is 133 cm³/mol. The fraction of sp³-hybridized carbons (Fsp3) is 0.444. The zero-order valence-electron chi connectivity index (χ0n) is 20.2. The number of carbonyl (C=O) groups is 2. The van der Waals surface area contributed by atoms with Crippen LogP contribution in [0.2, 0.25) is 0 Å². The minimum Gasteiger partial charge on any atom is -0.466 e. The number of nitrogens with zero attached hydrogens (tertiary/aromatic N) is 2. The highest BCUT2D eigenvalue weighted by molar-refractivity contribution is 5.92. The second-order valence-electron chi connectivity index (χ2n) is 8.20. The smallest absolute Gasteiger partial charge is 0.321 e. The molecule has 1 heterocycles. The zero-order chi connectivity index (χ0) is 24.9. The Labute approximate surface area is 206 Å². The van der Waals surface area contributed by atoms with Crippen LogP contribution in [0.5, 0.6) is 0 Å². The van der Waals surface area contributed by atoms with Gasteiger partial charge in [0, 0.05) is 25.4 Å². The van der Waals surface area contributed by atoms with Crippen molar-refractivity contribution in [1.29, 1.82) is 5.26 Å². The third-order valence-corrected chi connectivity index (χ3v) is 5.65. The quantitative estimate of drug-likeness (QED) is 0.373. The molecule has 1 saturated heterocycles. The van der Waals surface area contributed by atoms with Crippen LogP contribution in [-0.4, -0.2) is 51.2 Å². The molecular formula is C27H33N3O5. The van der Waals surface area contributed by atoms with Gasteiger partial charge in [0.05, 0.1) is 31.3 Å². The van der Waals surface area contributed by atoms with Crippen LogP contribution >= 0.6 is 0 Å². The lowest BCUT2D eigenvalue weighted by Gasteiger charge is -2.25. The Kier molecular flexibility index (Phi) is 10.6. The van der Waals surface area contributed by atoms with E-state index in [0.717, 1.165) is 42.7 Å². The van der Waals surface area contributed by atoms with Gasteiger partial charge in [-0.25, -0.2) is 4.79 Å². The summed E-state index contributed by atoms with van der Waals surface area (Å²) in [5.74, 6) is -0.341. The Balaban J connectivity index is 1.62. The van der Waals surface area contributed by atoms with E-state index in [1.807, 2.05) is 36.4 Å². The van der Waals surface area contributed by atoms with Crippen LogP contribution in [0.1, 0.15) is 44.6 Å². The van der Waals surface area contributed by atoms with Gasteiger partial charge < -0.3 is 19.5 Å². The summed E-state index contributed by atoms with van der Waals surface area (Å²) in [5.41, 5.74) is 3.32. The molecular weight excluding hydrogens is 446 g/mol. The Morgan fingerprint density at radius 2 is 1.83 bits per heavy atom. The van der Waals surface area contributed by atoms with E-state index in [1.165, 1.54) is 0 Å². The summed E-state index contributed by atoms with van der Waals surface area (Å²) in [6, 6.07) is 16.9. The highest BCUT2D eigenvalue weighted by atomic mass is 16.7. The minimum absolute atomic E-state index is 0.118. The largest absolute Gasteiger partial charge is 0.466 e. The number of amides is 2. The number of nitrogens with one attached hydrogen (secondary N) is 1. The van der Waals surface area contributed by atoms with E-state index < -0.39 is 0 Å². The van der Waals surface area contributed by atoms with Crippen molar-refractivity contribution in [2.45, 2.75) is 45.3 Å². The molecule has 1 aliphatic rings. The Hall–Kier alpha value is -3.41. The molecule has 0 aromatic heterocycles. The molecule has 0 aliphatic carbocycles. The summed E-state index contributed by atoms with van der Waals surface area (Å²) in [4.78, 5) is 26.2. The first-order valence-electron chi connectivity index (χ1n) is 12.2. The summed E-state index contributed by atoms with van der Waals surface area (Å²) in [6.45, 7) is 3.93. The van der Waals surface area contributed by atoms with Gasteiger partial charge in [0.15, 0.2) is 6.29 Å². The van der Waals surface area contributed by atoms with Crippen LogP contribution in [0, 0.1) is 11.3 Å². The number of carbonyl (C=O) groups excluding carboxylic acids is 2. The lowest BCUT2D eigenvalue weighted by molar-refractivity contribution is -0.162. The third kappa shape index (κ3) is 8.39. The highest BCUT2D eigenvalue weighted by Crippen LogP contribution is 2.24. The Morgan fingerprint density at radius 3 is 2.46 bits per heavy atom. The van der Waals surface area contributed by atoms with Gasteiger partial charge >= 0.3 is 12.0 Å². The summed E-state index contributed by atoms with van der Waals surface area (Å²) < 4.78 is 16.4. The van der Waals surface area contributed by atoms with Gasteiger partial charge in [0.2, 0.25) is 0 Å². The van der Waals surface area contributed by atoms with E-state index in [4.69, 9.17) is 19.5 Å². The molecule has 0 radical (unpaired) electrons. The first kappa shape index (κ1) is 26.2. The van der Waals surface area contributed by atoms with E-state index >= 15 is 0 Å². The van der Waals surface area contributed by atoms with Gasteiger partial charge in [-0.15, -0.1) is 0 Å². The average molecular weight is 480 g/mol. The fourth-order valence-electron chi connectivity index (χ4n) is 3.80. The predicted octanol–water partition coefficient (Wildman–Crippen LogP) is 4.63. The number of esters is 1. The number of benzene rings is 2. The normalized spacial score (nSPS) is 15.1. The maximum atomic E-state index is 13.0. The second kappa shape index (κ2) is 14.1. The molecule has 3 rings (SSSR count). The van der Waals surface area contributed by atoms with E-state index in [-0.39, 0.29) is 31.3 Å². The molecule has 1 fully saturated rings. The zero-order valence-corrected chi connectivity index (χ0v) is 20.2. The van der Waals surface area contributed by atoms with Crippen molar-refractivity contribution >= 4 is 17.7 Å². The molecule has 2 amide bonds. The first-order valence-corrected chi connectivity index (χ1v) is 12.2. The maximum Gasteiger partial charge on any atom is 0.321 e. The number of anilines is 1. The lowest BCUT2D eigenvalue weighted by atomic mass is 10.0. The van der Waals surface area contributed by atoms with Gasteiger partial charge in [0.1, 0.15) is 0 Å². The summed E-state index contributed by atoms with van der Waals surface area (Å²) in [7, 11) is 0. The van der Waals surface area contributed by atoms with Crippen LogP contribution < -0.4 is 10.2 Å². The first-order chi connectivity index (χ1) is 17.1. The topological polar surface area (TPSA) is 101 Å². The van der Waals surface area contributed by atoms with Crippen molar-refractivity contribution in [1.82, 2.24) is 5.32 Å². The van der Waals surface area contributed by atoms with Crippen LogP contribution in [0.15, 0.2) is 48.5 Å². The molecule has 8 heteroatoms. The van der Waals surface area contributed by atoms with E-state index in [9.17, 15) is 9.59 Å². The fourth-order valence-corrected chi connectivity index (χ4v) is 3.80. The van der Waals surface area contributed by atoms with Crippen LogP contribution in [0.4, 0.5) is 10.5 Å². The number of hydrogen-bond acceptors (Lipinski definition) is 6. The molecule has 186 valence electrons. The van der Waals surface area contributed by atoms with Crippen molar-refractivity contribution in [3.8, 4) is 17.2 Å². The minimum atomic E-state index is -0.341. The van der Waals surface area contributed by atoms with Crippen molar-refractivity contribution in [2.24, 2.45) is 0 Å². The molecule has 0 bridgehead atoms. The SMILES string of the molecule is CCOC(=O)CCNC(=O)N(CCCOC1CCCCO1)c1ccc(-c2ccc(C#N)cc2)cc1. The highest BCUT2D eigenvalue weighted by Gasteiger charge is 2.18. The van der Waals surface area contributed by atoms with Crippen molar-refractivity contribution in [3.63, 3.8) is 0 Å². The van der Waals surface area contributed by atoms with Gasteiger partial charge in [-0.1, -0.05) is 24.3 Å². The van der Waals surface area contributed by atoms with E-state index in [0.29, 0.717) is 31.7 Å². The van der Waals surface area contributed by atoms with E-state index in [1.54, 1.807) is 24.0 Å². The van der Waals surface area contributed by atoms with Crippen molar-refractivity contribution in [2.75, 3.05) is 37.8 Å². The molecule has 35 heavy (non-hydrogen) atoms. The van der Waals surface area contributed by atoms with Gasteiger partial charge in [-0.05, 0) is 68.0 Å². The maximum absolute atomic E-state index is 13.0. The van der Waals surface area contributed by atoms with E-state index in [2.05, 4.69) is 11.4 Å². The third-order valence-electron chi connectivity index (χ3n) is 5.65. The molecule has 0 spiro atoms. The second-order valence-corrected chi connectivity index (χ2v) is 8.20. The average Bonchev–Trinajstić information content (AvgIpc) is 2.89. The Morgan fingerprint density at radius 1 is 1.11 bits per heavy atom. The number of ether oxygens (including phenoxy) is 3. The van der Waals surface area contributed by atoms with Gasteiger partial charge in [-0.3, -0.25) is 9.69 Å². The molecule has 1 unspecified atom stereocenters. The molecule has 2 aromatic rings. The molecule has 1 aliphatic heterocycles. The molecule has 8 nitrogen and oxygen atoms in total. The number of hydrogen-bond donors (Lipinski definition) is 1. The molecule has 1 N–H and O–H groups in total. The Bertz CT molecular complexity index is 979. The van der Waals surface area contributed by atoms with Crippen LogP contribution in [0.25, 0.3) is 11.1 Å². The lowest BCUT2D eigenvalue weighted by Crippen LogP contribution is -2.42. The van der Waals surface area contributed by atoms with Gasteiger partial charge in [0.25, 0.3) is 0 Å². The number of nitriles is 1. The summed E-state index contributed by atoms with van der Waals surface area (Å²) >= 11 is 0. The monoisotopic (exact) mass is 479 g/mol. The summed E-state index contributed by atoms with van der Waals surface area (Å²) in [5, 5.41) is 11.8. The summed E-state index contributed by atoms with van der Waals surface area (Å²) in [6.07, 6.45) is 3.66. The molecule has 0 saturated carbocycles. The van der Waals surface area contributed by atoms with Crippen LogP contribution in [0.3, 0.4) is 0 Å². The molecule has 1 atom stereocenters. The number of rotatable bonds is 11. The van der Waals surface area contributed by atoms with Crippen molar-refractivity contribution < 1.29 is 23.8 Å². The molecule has 2 aromatic carbocycles.